The van der Waals surface area contributed by atoms with E-state index in [0.29, 0.717) is 21.9 Å². The molecule has 1 amide bonds. The van der Waals surface area contributed by atoms with Crippen molar-refractivity contribution in [1.29, 1.82) is 0 Å². The molecule has 0 N–H and O–H groups in total. The molecule has 1 aliphatic heterocycles. The number of fused-ring (bicyclic) bond motifs is 1. The molecular weight excluding hydrogens is 310 g/mol. The van der Waals surface area contributed by atoms with Crippen LogP contribution in [0.1, 0.15) is 17.3 Å². The van der Waals surface area contributed by atoms with Crippen LogP contribution in [0.25, 0.3) is 0 Å². The van der Waals surface area contributed by atoms with Crippen LogP contribution in [0.4, 0.5) is 5.69 Å². The quantitative estimate of drug-likeness (QED) is 0.804. The van der Waals surface area contributed by atoms with E-state index in [9.17, 15) is 9.59 Å². The number of nitrogens with zero attached hydrogens (tertiary/aromatic N) is 1. The number of amides is 1. The van der Waals surface area contributed by atoms with Gasteiger partial charge < -0.3 is 4.74 Å². The lowest BCUT2D eigenvalue weighted by Crippen LogP contribution is -2.23. The largest absolute Gasteiger partial charge is 0.495 e. The molecule has 2 aromatic carbocycles. The predicted molar refractivity (Wildman–Crippen MR) is 90.9 cm³/mol. The Bertz CT molecular complexity index is 813. The molecule has 116 valence electrons. The van der Waals surface area contributed by atoms with E-state index in [-0.39, 0.29) is 11.7 Å². The number of ketones is 1. The fraction of sp³-hybridized carbons (Fsp3) is 0.111. The number of Topliss-reactive ketones (excluding diaryl/α,β-unsaturated/α-hetero) is 1. The molecule has 0 aliphatic carbocycles. The Kier molecular flexibility index (Phi) is 4.21. The second-order valence-corrected chi connectivity index (χ2v) is 6.07. The predicted octanol–water partition coefficient (Wildman–Crippen LogP) is 3.88. The Balaban J connectivity index is 2.02. The van der Waals surface area contributed by atoms with Gasteiger partial charge in [0.25, 0.3) is 0 Å². The lowest BCUT2D eigenvalue weighted by Gasteiger charge is -2.19. The number of para-hydroxylation sites is 2. The third-order valence-electron chi connectivity index (χ3n) is 3.51. The molecule has 5 heteroatoms. The number of hydrogen-bond donors (Lipinski definition) is 0. The van der Waals surface area contributed by atoms with Gasteiger partial charge in [-0.25, -0.2) is 0 Å². The standard InChI is InChI=1S/C18H15NO3S/c1-12(20)19(14-8-4-5-9-15(14)22-2)11-17-18(21)13-7-3-6-10-16(13)23-17/h3-11H,1-2H3. The summed E-state index contributed by atoms with van der Waals surface area (Å²) in [4.78, 5) is 27.4. The van der Waals surface area contributed by atoms with Crippen LogP contribution < -0.4 is 9.64 Å². The molecule has 0 saturated carbocycles. The molecule has 0 fully saturated rings. The van der Waals surface area contributed by atoms with Crippen molar-refractivity contribution in [2.75, 3.05) is 12.0 Å². The minimum atomic E-state index is -0.189. The van der Waals surface area contributed by atoms with Crippen molar-refractivity contribution in [3.63, 3.8) is 0 Å². The highest BCUT2D eigenvalue weighted by atomic mass is 32.2. The van der Waals surface area contributed by atoms with Crippen molar-refractivity contribution in [2.45, 2.75) is 11.8 Å². The second-order valence-electron chi connectivity index (χ2n) is 4.98. The highest BCUT2D eigenvalue weighted by Gasteiger charge is 2.27. The van der Waals surface area contributed by atoms with E-state index in [2.05, 4.69) is 0 Å². The number of benzene rings is 2. The van der Waals surface area contributed by atoms with Gasteiger partial charge in [0.15, 0.2) is 0 Å². The highest BCUT2D eigenvalue weighted by molar-refractivity contribution is 8.04. The summed E-state index contributed by atoms with van der Waals surface area (Å²) in [6.07, 6.45) is 1.59. The molecule has 0 spiro atoms. The topological polar surface area (TPSA) is 46.6 Å². The molecule has 4 nitrogen and oxygen atoms in total. The Hall–Kier alpha value is -2.53. The number of methoxy groups -OCH3 is 1. The van der Waals surface area contributed by atoms with Gasteiger partial charge in [-0.3, -0.25) is 14.5 Å². The molecule has 0 saturated heterocycles. The summed E-state index contributed by atoms with van der Waals surface area (Å²) < 4.78 is 5.31. The van der Waals surface area contributed by atoms with E-state index in [1.807, 2.05) is 30.3 Å². The summed E-state index contributed by atoms with van der Waals surface area (Å²) in [5.41, 5.74) is 1.28. The van der Waals surface area contributed by atoms with Gasteiger partial charge in [0, 0.05) is 23.6 Å². The fourth-order valence-electron chi connectivity index (χ4n) is 2.40. The van der Waals surface area contributed by atoms with Gasteiger partial charge in [-0.05, 0) is 24.3 Å². The Morgan fingerprint density at radius 1 is 1.13 bits per heavy atom. The third kappa shape index (κ3) is 2.87. The lowest BCUT2D eigenvalue weighted by atomic mass is 10.1. The van der Waals surface area contributed by atoms with Gasteiger partial charge in [0.2, 0.25) is 11.7 Å². The maximum Gasteiger partial charge on any atom is 0.228 e. The third-order valence-corrected chi connectivity index (χ3v) is 4.59. The van der Waals surface area contributed by atoms with E-state index in [1.165, 1.54) is 23.6 Å². The number of hydrogen-bond acceptors (Lipinski definition) is 4. The number of thioether (sulfide) groups is 1. The minimum Gasteiger partial charge on any atom is -0.495 e. The molecule has 3 rings (SSSR count). The van der Waals surface area contributed by atoms with Crippen molar-refractivity contribution in [3.05, 3.63) is 65.2 Å². The van der Waals surface area contributed by atoms with Crippen LogP contribution in [0.15, 0.2) is 64.5 Å². The van der Waals surface area contributed by atoms with Crippen LogP contribution in [0.2, 0.25) is 0 Å². The minimum absolute atomic E-state index is 0.0632. The Labute approximate surface area is 138 Å². The molecule has 1 heterocycles. The van der Waals surface area contributed by atoms with Crippen molar-refractivity contribution in [3.8, 4) is 5.75 Å². The average molecular weight is 325 g/mol. The molecule has 0 bridgehead atoms. The van der Waals surface area contributed by atoms with Crippen molar-refractivity contribution >= 4 is 29.1 Å². The van der Waals surface area contributed by atoms with Crippen LogP contribution in [0.3, 0.4) is 0 Å². The summed E-state index contributed by atoms with van der Waals surface area (Å²) in [5.74, 6) is 0.325. The zero-order chi connectivity index (χ0) is 16.4. The first-order valence-electron chi connectivity index (χ1n) is 7.08. The summed E-state index contributed by atoms with van der Waals surface area (Å²) in [7, 11) is 1.55. The first-order chi connectivity index (χ1) is 11.1. The number of ether oxygens (including phenoxy) is 1. The molecule has 0 atom stereocenters. The maximum atomic E-state index is 12.5. The summed E-state index contributed by atoms with van der Waals surface area (Å²) in [6, 6.07) is 14.7. The summed E-state index contributed by atoms with van der Waals surface area (Å²) in [6.45, 7) is 1.46. The first kappa shape index (κ1) is 15.4. The van der Waals surface area contributed by atoms with Crippen molar-refractivity contribution in [2.24, 2.45) is 0 Å². The zero-order valence-corrected chi connectivity index (χ0v) is 13.6. The zero-order valence-electron chi connectivity index (χ0n) is 12.8. The first-order valence-corrected chi connectivity index (χ1v) is 7.89. The SMILES string of the molecule is COc1ccccc1N(C=C1Sc2ccccc2C1=O)C(C)=O. The van der Waals surface area contributed by atoms with Crippen LogP contribution in [0, 0.1) is 0 Å². The second kappa shape index (κ2) is 6.30. The Morgan fingerprint density at radius 3 is 2.52 bits per heavy atom. The van der Waals surface area contributed by atoms with Crippen LogP contribution in [0.5, 0.6) is 5.75 Å². The van der Waals surface area contributed by atoms with Gasteiger partial charge in [0.05, 0.1) is 17.7 Å². The van der Waals surface area contributed by atoms with Crippen LogP contribution in [-0.4, -0.2) is 18.8 Å². The monoisotopic (exact) mass is 325 g/mol. The lowest BCUT2D eigenvalue weighted by molar-refractivity contribution is -0.116. The molecule has 2 aromatic rings. The molecule has 0 radical (unpaired) electrons. The van der Waals surface area contributed by atoms with Crippen molar-refractivity contribution in [1.82, 2.24) is 0 Å². The average Bonchev–Trinajstić information content (AvgIpc) is 2.89. The van der Waals surface area contributed by atoms with Crippen LogP contribution in [-0.2, 0) is 4.79 Å². The van der Waals surface area contributed by atoms with Gasteiger partial charge in [-0.2, -0.15) is 0 Å². The highest BCUT2D eigenvalue weighted by Crippen LogP contribution is 2.40. The number of carbonyl (C=O) groups excluding carboxylic acids is 2. The van der Waals surface area contributed by atoms with Crippen molar-refractivity contribution < 1.29 is 14.3 Å². The van der Waals surface area contributed by atoms with E-state index < -0.39 is 0 Å². The number of anilines is 1. The Morgan fingerprint density at radius 2 is 1.83 bits per heavy atom. The van der Waals surface area contributed by atoms with E-state index in [1.54, 1.807) is 31.5 Å². The van der Waals surface area contributed by atoms with Gasteiger partial charge >= 0.3 is 0 Å². The number of allylic oxidation sites excluding steroid dienone is 1. The van der Waals surface area contributed by atoms with Crippen LogP contribution >= 0.6 is 11.8 Å². The summed E-state index contributed by atoms with van der Waals surface area (Å²) >= 11 is 1.37. The molecule has 0 aromatic heterocycles. The van der Waals surface area contributed by atoms with E-state index >= 15 is 0 Å². The molecular formula is C18H15NO3S. The normalized spacial score (nSPS) is 14.7. The number of carbonyl (C=O) groups is 2. The summed E-state index contributed by atoms with van der Waals surface area (Å²) in [5, 5.41) is 0. The van der Waals surface area contributed by atoms with Gasteiger partial charge in [-0.15, -0.1) is 0 Å². The maximum absolute atomic E-state index is 12.5. The molecule has 1 aliphatic rings. The fourth-order valence-corrected chi connectivity index (χ4v) is 3.42. The smallest absolute Gasteiger partial charge is 0.228 e. The number of rotatable bonds is 3. The van der Waals surface area contributed by atoms with Gasteiger partial charge in [-0.1, -0.05) is 36.0 Å². The molecule has 0 unspecified atom stereocenters. The van der Waals surface area contributed by atoms with E-state index in [4.69, 9.17) is 4.74 Å². The van der Waals surface area contributed by atoms with E-state index in [0.717, 1.165) is 4.90 Å². The molecule has 23 heavy (non-hydrogen) atoms. The van der Waals surface area contributed by atoms with Gasteiger partial charge in [0.1, 0.15) is 5.75 Å².